The Balaban J connectivity index is 2.16. The highest BCUT2D eigenvalue weighted by atomic mass is 79.9. The van der Waals surface area contributed by atoms with Crippen molar-refractivity contribution in [2.24, 2.45) is 0 Å². The van der Waals surface area contributed by atoms with Gasteiger partial charge in [-0.1, -0.05) is 11.3 Å². The maximum Gasteiger partial charge on any atom is 0.286 e. The zero-order valence-corrected chi connectivity index (χ0v) is 11.7. The minimum absolute atomic E-state index is 0.217. The highest BCUT2D eigenvalue weighted by Crippen LogP contribution is 2.28. The Morgan fingerprint density at radius 1 is 1.50 bits per heavy atom. The molecule has 0 unspecified atom stereocenters. The summed E-state index contributed by atoms with van der Waals surface area (Å²) in [5.41, 5.74) is 6.02. The quantitative estimate of drug-likeness (QED) is 0.900. The molecule has 0 atom stereocenters. The number of amides is 1. The minimum atomic E-state index is -0.353. The third-order valence-corrected chi connectivity index (χ3v) is 3.45. The topological polar surface area (TPSA) is 90.1 Å². The number of nitrogen functional groups attached to an aromatic ring is 1. The molecular weight excluding hydrogens is 320 g/mol. The highest BCUT2D eigenvalue weighted by Gasteiger charge is 2.12. The Hall–Kier alpha value is -1.67. The van der Waals surface area contributed by atoms with Crippen molar-refractivity contribution in [1.29, 1.82) is 0 Å². The fourth-order valence-electron chi connectivity index (χ4n) is 1.25. The van der Waals surface area contributed by atoms with Gasteiger partial charge in [-0.3, -0.25) is 4.79 Å². The molecule has 0 aliphatic rings. The molecule has 1 aromatic heterocycles. The first-order valence-electron chi connectivity index (χ1n) is 4.84. The lowest BCUT2D eigenvalue weighted by Crippen LogP contribution is -2.11. The normalized spacial score (nSPS) is 10.1. The van der Waals surface area contributed by atoms with Crippen LogP contribution in [0.25, 0.3) is 0 Å². The van der Waals surface area contributed by atoms with E-state index >= 15 is 0 Å². The van der Waals surface area contributed by atoms with Gasteiger partial charge in [-0.25, -0.2) is 0 Å². The fourth-order valence-corrected chi connectivity index (χ4v) is 2.16. The van der Waals surface area contributed by atoms with Crippen LogP contribution in [0.1, 0.15) is 9.80 Å². The number of hydrogen-bond acceptors (Lipinski definition) is 6. The summed E-state index contributed by atoms with van der Waals surface area (Å²) in [4.78, 5) is 11.8. The number of rotatable bonds is 3. The van der Waals surface area contributed by atoms with Gasteiger partial charge in [0.25, 0.3) is 5.91 Å². The lowest BCUT2D eigenvalue weighted by molar-refractivity contribution is 0.102. The Morgan fingerprint density at radius 2 is 2.28 bits per heavy atom. The van der Waals surface area contributed by atoms with E-state index in [-0.39, 0.29) is 16.0 Å². The van der Waals surface area contributed by atoms with Crippen molar-refractivity contribution in [2.45, 2.75) is 0 Å². The predicted octanol–water partition coefficient (Wildman–Crippen LogP) is 2.14. The Morgan fingerprint density at radius 3 is 2.89 bits per heavy atom. The molecule has 0 saturated heterocycles. The van der Waals surface area contributed by atoms with Crippen molar-refractivity contribution in [3.63, 3.8) is 0 Å². The Bertz CT molecular complexity index is 587. The van der Waals surface area contributed by atoms with Gasteiger partial charge in [0.1, 0.15) is 5.75 Å². The number of aromatic nitrogens is 2. The Kier molecular flexibility index (Phi) is 3.78. The third-order valence-electron chi connectivity index (χ3n) is 2.04. The number of hydrogen-bond donors (Lipinski definition) is 2. The average molecular weight is 329 g/mol. The van der Waals surface area contributed by atoms with Gasteiger partial charge in [0.15, 0.2) is 0 Å². The van der Waals surface area contributed by atoms with E-state index < -0.39 is 0 Å². The molecule has 94 valence electrons. The second kappa shape index (κ2) is 5.32. The second-order valence-corrected chi connectivity index (χ2v) is 5.11. The molecular formula is C10H9BrN4O2S. The molecule has 1 aromatic carbocycles. The molecule has 0 aliphatic carbocycles. The number of nitrogens with one attached hydrogen (secondary N) is 1. The van der Waals surface area contributed by atoms with Gasteiger partial charge in [0.05, 0.1) is 11.6 Å². The largest absolute Gasteiger partial charge is 0.495 e. The van der Waals surface area contributed by atoms with Crippen LogP contribution in [0.3, 0.4) is 0 Å². The molecule has 0 spiro atoms. The summed E-state index contributed by atoms with van der Waals surface area (Å²) in [6.45, 7) is 0. The number of anilines is 2. The van der Waals surface area contributed by atoms with E-state index in [0.29, 0.717) is 11.4 Å². The summed E-state index contributed by atoms with van der Waals surface area (Å²) in [6.07, 6.45) is 0. The van der Waals surface area contributed by atoms with Gasteiger partial charge < -0.3 is 15.8 Å². The molecule has 1 heterocycles. The summed E-state index contributed by atoms with van der Waals surface area (Å²) in [6, 6.07) is 5.23. The fraction of sp³-hybridized carbons (Fsp3) is 0.100. The summed E-state index contributed by atoms with van der Waals surface area (Å²) in [5, 5.41) is 10.4. The minimum Gasteiger partial charge on any atom is -0.495 e. The van der Waals surface area contributed by atoms with Crippen molar-refractivity contribution in [3.05, 3.63) is 27.7 Å². The second-order valence-electron chi connectivity index (χ2n) is 3.25. The van der Waals surface area contributed by atoms with Crippen molar-refractivity contribution in [1.82, 2.24) is 10.2 Å². The summed E-state index contributed by atoms with van der Waals surface area (Å²) < 4.78 is 5.94. The van der Waals surface area contributed by atoms with Gasteiger partial charge in [-0.05, 0) is 28.1 Å². The maximum absolute atomic E-state index is 11.8. The molecule has 2 rings (SSSR count). The van der Waals surface area contributed by atoms with Crippen LogP contribution < -0.4 is 15.8 Å². The number of nitrogens with zero attached hydrogens (tertiary/aromatic N) is 2. The standard InChI is InChI=1S/C10H9BrN4O2S/c1-17-7-4-5(2-3-6(7)11)13-8(16)9-14-15-10(12)18-9/h2-4H,1H3,(H2,12,15)(H,13,16). The zero-order chi connectivity index (χ0) is 13.1. The highest BCUT2D eigenvalue weighted by molar-refractivity contribution is 9.10. The summed E-state index contributed by atoms with van der Waals surface area (Å²) in [5.74, 6) is 0.276. The number of carbonyl (C=O) groups is 1. The van der Waals surface area contributed by atoms with Crippen LogP contribution in [0.2, 0.25) is 0 Å². The van der Waals surface area contributed by atoms with Gasteiger partial charge in [-0.15, -0.1) is 10.2 Å². The predicted molar refractivity (Wildman–Crippen MR) is 73.0 cm³/mol. The molecule has 3 N–H and O–H groups in total. The van der Waals surface area contributed by atoms with E-state index in [1.54, 1.807) is 25.3 Å². The maximum atomic E-state index is 11.8. The zero-order valence-electron chi connectivity index (χ0n) is 9.31. The van der Waals surface area contributed by atoms with Crippen molar-refractivity contribution < 1.29 is 9.53 Å². The molecule has 0 saturated carbocycles. The van der Waals surface area contributed by atoms with Crippen LogP contribution in [0, 0.1) is 0 Å². The van der Waals surface area contributed by atoms with E-state index in [1.807, 2.05) is 0 Å². The van der Waals surface area contributed by atoms with Crippen LogP contribution in [-0.4, -0.2) is 23.2 Å². The monoisotopic (exact) mass is 328 g/mol. The number of benzene rings is 1. The van der Waals surface area contributed by atoms with Gasteiger partial charge in [0, 0.05) is 11.8 Å². The first-order chi connectivity index (χ1) is 8.60. The molecule has 0 fully saturated rings. The lowest BCUT2D eigenvalue weighted by atomic mass is 10.3. The molecule has 0 radical (unpaired) electrons. The van der Waals surface area contributed by atoms with Gasteiger partial charge in [0.2, 0.25) is 10.1 Å². The van der Waals surface area contributed by atoms with Gasteiger partial charge >= 0.3 is 0 Å². The number of methoxy groups -OCH3 is 1. The molecule has 6 nitrogen and oxygen atoms in total. The van der Waals surface area contributed by atoms with Crippen molar-refractivity contribution in [3.8, 4) is 5.75 Å². The van der Waals surface area contributed by atoms with Crippen LogP contribution in [0.4, 0.5) is 10.8 Å². The summed E-state index contributed by atoms with van der Waals surface area (Å²) >= 11 is 4.36. The lowest BCUT2D eigenvalue weighted by Gasteiger charge is -2.07. The van der Waals surface area contributed by atoms with Crippen LogP contribution in [0.15, 0.2) is 22.7 Å². The van der Waals surface area contributed by atoms with E-state index in [2.05, 4.69) is 31.4 Å². The molecule has 0 aliphatic heterocycles. The van der Waals surface area contributed by atoms with E-state index in [0.717, 1.165) is 15.8 Å². The molecule has 8 heteroatoms. The third kappa shape index (κ3) is 2.77. The smallest absolute Gasteiger partial charge is 0.286 e. The molecule has 2 aromatic rings. The summed E-state index contributed by atoms with van der Waals surface area (Å²) in [7, 11) is 1.55. The molecule has 18 heavy (non-hydrogen) atoms. The first-order valence-corrected chi connectivity index (χ1v) is 6.45. The molecule has 1 amide bonds. The van der Waals surface area contributed by atoms with Crippen LogP contribution >= 0.6 is 27.3 Å². The van der Waals surface area contributed by atoms with Crippen molar-refractivity contribution in [2.75, 3.05) is 18.2 Å². The van der Waals surface area contributed by atoms with E-state index in [9.17, 15) is 4.79 Å². The van der Waals surface area contributed by atoms with Crippen molar-refractivity contribution >= 4 is 44.0 Å². The Labute approximate surface area is 115 Å². The number of halogens is 1. The van der Waals surface area contributed by atoms with E-state index in [4.69, 9.17) is 10.5 Å². The number of carbonyl (C=O) groups excluding carboxylic acids is 1. The first kappa shape index (κ1) is 12.8. The van der Waals surface area contributed by atoms with Crippen LogP contribution in [-0.2, 0) is 0 Å². The SMILES string of the molecule is COc1cc(NC(=O)c2nnc(N)s2)ccc1Br. The average Bonchev–Trinajstić information content (AvgIpc) is 2.78. The molecule has 0 bridgehead atoms. The van der Waals surface area contributed by atoms with E-state index in [1.165, 1.54) is 0 Å². The number of ether oxygens (including phenoxy) is 1. The van der Waals surface area contributed by atoms with Gasteiger partial charge in [-0.2, -0.15) is 0 Å². The number of nitrogens with two attached hydrogens (primary N) is 1. The van der Waals surface area contributed by atoms with Crippen LogP contribution in [0.5, 0.6) is 5.75 Å².